The molecule has 3 heteroatoms. The molecule has 3 nitrogen and oxygen atoms in total. The largest absolute Gasteiger partial charge is 0.507 e. The lowest BCUT2D eigenvalue weighted by Crippen LogP contribution is -2.27. The lowest BCUT2D eigenvalue weighted by molar-refractivity contribution is 0.240. The predicted molar refractivity (Wildman–Crippen MR) is 75.1 cm³/mol. The summed E-state index contributed by atoms with van der Waals surface area (Å²) >= 11 is 0. The van der Waals surface area contributed by atoms with E-state index in [1.54, 1.807) is 6.07 Å². The Morgan fingerprint density at radius 1 is 1.33 bits per heavy atom. The molecule has 0 aliphatic rings. The van der Waals surface area contributed by atoms with Gasteiger partial charge in [-0.1, -0.05) is 19.9 Å². The number of hydrogen-bond donors (Lipinski definition) is 1. The quantitative estimate of drug-likeness (QED) is 0.806. The summed E-state index contributed by atoms with van der Waals surface area (Å²) in [4.78, 5) is 2.24. The monoisotopic (exact) mass is 251 g/mol. The summed E-state index contributed by atoms with van der Waals surface area (Å²) in [7, 11) is 2.08. The number of aromatic hydroxyl groups is 1. The zero-order chi connectivity index (χ0) is 13.5. The van der Waals surface area contributed by atoms with Gasteiger partial charge in [-0.15, -0.1) is 0 Å². The first kappa shape index (κ1) is 14.8. The third-order valence-corrected chi connectivity index (χ3v) is 3.29. The van der Waals surface area contributed by atoms with Crippen LogP contribution in [-0.4, -0.2) is 29.7 Å². The van der Waals surface area contributed by atoms with Gasteiger partial charge in [-0.3, -0.25) is 4.90 Å². The van der Waals surface area contributed by atoms with Gasteiger partial charge in [0, 0.05) is 24.2 Å². The molecule has 18 heavy (non-hydrogen) atoms. The molecule has 0 heterocycles. The highest BCUT2D eigenvalue weighted by atomic mass is 16.5. The lowest BCUT2D eigenvalue weighted by Gasteiger charge is -2.24. The molecule has 0 bridgehead atoms. The number of rotatable bonds is 7. The van der Waals surface area contributed by atoms with Crippen molar-refractivity contribution in [2.45, 2.75) is 46.2 Å². The van der Waals surface area contributed by atoms with Gasteiger partial charge in [0.05, 0.1) is 6.61 Å². The Kier molecular flexibility index (Phi) is 5.99. The minimum absolute atomic E-state index is 0.318. The van der Waals surface area contributed by atoms with E-state index < -0.39 is 0 Å². The molecule has 1 rings (SSSR count). The summed E-state index contributed by atoms with van der Waals surface area (Å²) in [6.07, 6.45) is 2.08. The second kappa shape index (κ2) is 7.27. The van der Waals surface area contributed by atoms with Crippen LogP contribution in [0.1, 0.15) is 39.2 Å². The number of phenols is 1. The predicted octanol–water partition coefficient (Wildman–Crippen LogP) is 3.41. The summed E-state index contributed by atoms with van der Waals surface area (Å²) in [5, 5.41) is 9.99. The van der Waals surface area contributed by atoms with E-state index in [-0.39, 0.29) is 0 Å². The summed E-state index contributed by atoms with van der Waals surface area (Å²) in [5.41, 5.74) is 0.946. The van der Waals surface area contributed by atoms with Crippen molar-refractivity contribution >= 4 is 0 Å². The van der Waals surface area contributed by atoms with Crippen LogP contribution < -0.4 is 4.74 Å². The Bertz CT molecular complexity index is 366. The van der Waals surface area contributed by atoms with Crippen molar-refractivity contribution in [2.24, 2.45) is 0 Å². The fourth-order valence-electron chi connectivity index (χ4n) is 1.72. The van der Waals surface area contributed by atoms with E-state index in [9.17, 15) is 5.11 Å². The molecule has 1 unspecified atom stereocenters. The Labute approximate surface area is 110 Å². The third kappa shape index (κ3) is 4.22. The summed E-state index contributed by atoms with van der Waals surface area (Å²) in [5.74, 6) is 1.06. The highest BCUT2D eigenvalue weighted by Gasteiger charge is 2.10. The second-order valence-electron chi connectivity index (χ2n) is 4.81. The highest BCUT2D eigenvalue weighted by Crippen LogP contribution is 2.25. The van der Waals surface area contributed by atoms with E-state index >= 15 is 0 Å². The van der Waals surface area contributed by atoms with Crippen molar-refractivity contribution in [3.05, 3.63) is 23.8 Å². The van der Waals surface area contributed by atoms with Gasteiger partial charge in [0.1, 0.15) is 11.5 Å². The van der Waals surface area contributed by atoms with Gasteiger partial charge in [-0.25, -0.2) is 0 Å². The van der Waals surface area contributed by atoms with Crippen molar-refractivity contribution in [2.75, 3.05) is 13.7 Å². The van der Waals surface area contributed by atoms with Crippen LogP contribution in [-0.2, 0) is 6.54 Å². The van der Waals surface area contributed by atoms with Crippen LogP contribution in [0.5, 0.6) is 11.5 Å². The molecule has 102 valence electrons. The van der Waals surface area contributed by atoms with Crippen LogP contribution in [0.15, 0.2) is 18.2 Å². The Morgan fingerprint density at radius 3 is 2.61 bits per heavy atom. The first-order valence-electron chi connectivity index (χ1n) is 6.73. The average Bonchev–Trinajstić information content (AvgIpc) is 2.38. The fraction of sp³-hybridized carbons (Fsp3) is 0.600. The molecule has 0 saturated carbocycles. The summed E-state index contributed by atoms with van der Waals surface area (Å²) in [6.45, 7) is 7.87. The van der Waals surface area contributed by atoms with Gasteiger partial charge in [-0.2, -0.15) is 0 Å². The number of ether oxygens (including phenoxy) is 1. The highest BCUT2D eigenvalue weighted by molar-refractivity contribution is 5.39. The lowest BCUT2D eigenvalue weighted by atomic mass is 10.1. The normalized spacial score (nSPS) is 12.7. The van der Waals surface area contributed by atoms with Gasteiger partial charge < -0.3 is 9.84 Å². The van der Waals surface area contributed by atoms with E-state index in [4.69, 9.17) is 4.74 Å². The average molecular weight is 251 g/mol. The number of phenolic OH excluding ortho intramolecular Hbond substituents is 1. The van der Waals surface area contributed by atoms with Crippen molar-refractivity contribution < 1.29 is 9.84 Å². The standard InChI is InChI=1S/C15H25NO2/c1-5-9-18-14-8-7-13(15(17)10-14)11-16(4)12(3)6-2/h7-8,10,12,17H,5-6,9,11H2,1-4H3. The first-order chi connectivity index (χ1) is 8.58. The van der Waals surface area contributed by atoms with E-state index in [2.05, 4.69) is 32.7 Å². The third-order valence-electron chi connectivity index (χ3n) is 3.29. The smallest absolute Gasteiger partial charge is 0.123 e. The Hall–Kier alpha value is -1.22. The summed E-state index contributed by atoms with van der Waals surface area (Å²) < 4.78 is 5.49. The van der Waals surface area contributed by atoms with Gasteiger partial charge in [-0.05, 0) is 32.9 Å². The van der Waals surface area contributed by atoms with Gasteiger partial charge in [0.15, 0.2) is 0 Å². The van der Waals surface area contributed by atoms with E-state index in [0.29, 0.717) is 18.4 Å². The molecule has 0 aliphatic carbocycles. The second-order valence-corrected chi connectivity index (χ2v) is 4.81. The molecule has 0 amide bonds. The van der Waals surface area contributed by atoms with E-state index in [1.165, 1.54) is 0 Å². The molecule has 1 atom stereocenters. The molecule has 0 aromatic heterocycles. The molecule has 1 aromatic rings. The molecule has 0 radical (unpaired) electrons. The number of benzene rings is 1. The maximum atomic E-state index is 9.99. The molecule has 1 N–H and O–H groups in total. The maximum absolute atomic E-state index is 9.99. The van der Waals surface area contributed by atoms with Crippen molar-refractivity contribution in [3.8, 4) is 11.5 Å². The molecule has 0 spiro atoms. The van der Waals surface area contributed by atoms with Crippen LogP contribution in [0.2, 0.25) is 0 Å². The van der Waals surface area contributed by atoms with E-state index in [0.717, 1.165) is 30.7 Å². The van der Waals surface area contributed by atoms with Gasteiger partial charge in [0.2, 0.25) is 0 Å². The van der Waals surface area contributed by atoms with Gasteiger partial charge in [0.25, 0.3) is 0 Å². The zero-order valence-electron chi connectivity index (χ0n) is 11.9. The molecule has 0 fully saturated rings. The van der Waals surface area contributed by atoms with Crippen LogP contribution >= 0.6 is 0 Å². The molecule has 0 aliphatic heterocycles. The first-order valence-corrected chi connectivity index (χ1v) is 6.73. The van der Waals surface area contributed by atoms with Gasteiger partial charge >= 0.3 is 0 Å². The number of nitrogens with zero attached hydrogens (tertiary/aromatic N) is 1. The fourth-order valence-corrected chi connectivity index (χ4v) is 1.72. The minimum Gasteiger partial charge on any atom is -0.507 e. The van der Waals surface area contributed by atoms with Crippen LogP contribution in [0.4, 0.5) is 0 Å². The van der Waals surface area contributed by atoms with Crippen molar-refractivity contribution in [1.29, 1.82) is 0 Å². The van der Waals surface area contributed by atoms with Crippen LogP contribution in [0.3, 0.4) is 0 Å². The molecular weight excluding hydrogens is 226 g/mol. The zero-order valence-corrected chi connectivity index (χ0v) is 11.9. The maximum Gasteiger partial charge on any atom is 0.123 e. The molecular formula is C15H25NO2. The van der Waals surface area contributed by atoms with Crippen LogP contribution in [0, 0.1) is 0 Å². The van der Waals surface area contributed by atoms with Crippen molar-refractivity contribution in [3.63, 3.8) is 0 Å². The number of hydrogen-bond acceptors (Lipinski definition) is 3. The molecule has 1 aromatic carbocycles. The van der Waals surface area contributed by atoms with Crippen LogP contribution in [0.25, 0.3) is 0 Å². The summed E-state index contributed by atoms with van der Waals surface area (Å²) in [6, 6.07) is 6.09. The SMILES string of the molecule is CCCOc1ccc(CN(C)C(C)CC)c(O)c1. The Balaban J connectivity index is 2.67. The Morgan fingerprint density at radius 2 is 2.06 bits per heavy atom. The minimum atomic E-state index is 0.318. The van der Waals surface area contributed by atoms with Crippen molar-refractivity contribution in [1.82, 2.24) is 4.90 Å². The topological polar surface area (TPSA) is 32.7 Å². The van der Waals surface area contributed by atoms with E-state index in [1.807, 2.05) is 12.1 Å². The molecule has 0 saturated heterocycles.